The van der Waals surface area contributed by atoms with E-state index in [2.05, 4.69) is 6.92 Å². The highest BCUT2D eigenvalue weighted by Crippen LogP contribution is 2.17. The predicted molar refractivity (Wildman–Crippen MR) is 74.8 cm³/mol. The summed E-state index contributed by atoms with van der Waals surface area (Å²) in [4.78, 5) is 0. The summed E-state index contributed by atoms with van der Waals surface area (Å²) in [6, 6.07) is 0.919. The Hall–Kier alpha value is -0.233. The van der Waals surface area contributed by atoms with Crippen molar-refractivity contribution >= 4 is 15.0 Å². The SMILES string of the molecule is CCC=N.CCC[Si](OCC)(OCC)OCC. The standard InChI is InChI=1S/C9H22O3Si.C3H7N/c1-5-9-13(10-6-2,11-7-3)12-8-4;1-2-3-4/h5-9H2,1-4H3;3-4H,2H2,1H3. The van der Waals surface area contributed by atoms with Gasteiger partial charge in [-0.05, 0) is 33.4 Å². The molecule has 0 heterocycles. The molecule has 5 heteroatoms. The van der Waals surface area contributed by atoms with E-state index in [0.717, 1.165) is 18.9 Å². The van der Waals surface area contributed by atoms with E-state index in [1.54, 1.807) is 0 Å². The summed E-state index contributed by atoms with van der Waals surface area (Å²) >= 11 is 0. The smallest absolute Gasteiger partial charge is 0.374 e. The summed E-state index contributed by atoms with van der Waals surface area (Å²) in [7, 11) is -2.30. The van der Waals surface area contributed by atoms with Gasteiger partial charge in [-0.3, -0.25) is 0 Å². The number of nitrogens with one attached hydrogen (secondary N) is 1. The third-order valence-corrected chi connectivity index (χ3v) is 5.15. The molecule has 4 nitrogen and oxygen atoms in total. The van der Waals surface area contributed by atoms with Crippen LogP contribution in [0.5, 0.6) is 0 Å². The lowest BCUT2D eigenvalue weighted by molar-refractivity contribution is 0.0712. The fraction of sp³-hybridized carbons (Fsp3) is 0.917. The van der Waals surface area contributed by atoms with Crippen molar-refractivity contribution in [3.63, 3.8) is 0 Å². The van der Waals surface area contributed by atoms with Crippen LogP contribution in [-0.4, -0.2) is 34.8 Å². The summed E-state index contributed by atoms with van der Waals surface area (Å²) in [5.41, 5.74) is 0. The molecule has 0 atom stereocenters. The zero-order chi connectivity index (χ0) is 13.6. The Morgan fingerprint density at radius 2 is 1.24 bits per heavy atom. The van der Waals surface area contributed by atoms with Gasteiger partial charge in [0.05, 0.1) is 0 Å². The summed E-state index contributed by atoms with van der Waals surface area (Å²) in [5, 5.41) is 6.33. The quantitative estimate of drug-likeness (QED) is 0.512. The zero-order valence-corrected chi connectivity index (χ0v) is 13.0. The lowest BCUT2D eigenvalue weighted by Crippen LogP contribution is -2.45. The monoisotopic (exact) mass is 263 g/mol. The average Bonchev–Trinajstić information content (AvgIpc) is 2.31. The first kappa shape index (κ1) is 19.1. The third kappa shape index (κ3) is 10.6. The van der Waals surface area contributed by atoms with Crippen LogP contribution in [-0.2, 0) is 13.3 Å². The second-order valence-corrected chi connectivity index (χ2v) is 6.08. The maximum atomic E-state index is 6.33. The van der Waals surface area contributed by atoms with Crippen molar-refractivity contribution < 1.29 is 13.3 Å². The molecule has 0 saturated carbocycles. The van der Waals surface area contributed by atoms with Crippen molar-refractivity contribution in [1.82, 2.24) is 0 Å². The van der Waals surface area contributed by atoms with Gasteiger partial charge in [0.2, 0.25) is 0 Å². The Morgan fingerprint density at radius 1 is 0.882 bits per heavy atom. The molecule has 0 unspecified atom stereocenters. The van der Waals surface area contributed by atoms with Gasteiger partial charge in [-0.25, -0.2) is 0 Å². The van der Waals surface area contributed by atoms with Gasteiger partial charge < -0.3 is 18.7 Å². The van der Waals surface area contributed by atoms with Gasteiger partial charge in [0, 0.05) is 25.9 Å². The summed E-state index contributed by atoms with van der Waals surface area (Å²) in [6.45, 7) is 12.0. The Bertz CT molecular complexity index is 138. The zero-order valence-electron chi connectivity index (χ0n) is 12.0. The molecule has 0 bridgehead atoms. The van der Waals surface area contributed by atoms with Gasteiger partial charge in [-0.15, -0.1) is 0 Å². The number of rotatable bonds is 9. The molecule has 0 fully saturated rings. The Morgan fingerprint density at radius 3 is 1.41 bits per heavy atom. The Labute approximate surface area is 108 Å². The average molecular weight is 263 g/mol. The van der Waals surface area contributed by atoms with Crippen LogP contribution in [0.15, 0.2) is 0 Å². The van der Waals surface area contributed by atoms with Gasteiger partial charge >= 0.3 is 8.80 Å². The molecule has 0 aliphatic heterocycles. The van der Waals surface area contributed by atoms with E-state index in [-0.39, 0.29) is 0 Å². The molecule has 0 saturated heterocycles. The van der Waals surface area contributed by atoms with Crippen LogP contribution < -0.4 is 0 Å². The summed E-state index contributed by atoms with van der Waals surface area (Å²) in [6.07, 6.45) is 3.28. The highest BCUT2D eigenvalue weighted by atomic mass is 28.4. The molecule has 0 spiro atoms. The Balaban J connectivity index is 0. The van der Waals surface area contributed by atoms with Crippen LogP contribution in [0, 0.1) is 5.41 Å². The summed E-state index contributed by atoms with van der Waals surface area (Å²) < 4.78 is 16.9. The van der Waals surface area contributed by atoms with Crippen molar-refractivity contribution in [2.24, 2.45) is 0 Å². The number of hydrogen-bond donors (Lipinski definition) is 1. The summed E-state index contributed by atoms with van der Waals surface area (Å²) in [5.74, 6) is 0. The van der Waals surface area contributed by atoms with Crippen LogP contribution in [0.4, 0.5) is 0 Å². The van der Waals surface area contributed by atoms with Crippen LogP contribution in [0.25, 0.3) is 0 Å². The van der Waals surface area contributed by atoms with Crippen LogP contribution >= 0.6 is 0 Å². The van der Waals surface area contributed by atoms with Crippen molar-refractivity contribution in [3.05, 3.63) is 0 Å². The van der Waals surface area contributed by atoms with Gasteiger partial charge in [0.25, 0.3) is 0 Å². The van der Waals surface area contributed by atoms with E-state index in [1.807, 2.05) is 27.7 Å². The minimum absolute atomic E-state index is 0.673. The van der Waals surface area contributed by atoms with Crippen LogP contribution in [0.3, 0.4) is 0 Å². The molecule has 0 rings (SSSR count). The van der Waals surface area contributed by atoms with Crippen LogP contribution in [0.2, 0.25) is 6.04 Å². The molecule has 104 valence electrons. The Kier molecular flexibility index (Phi) is 15.6. The minimum atomic E-state index is -2.30. The second-order valence-electron chi connectivity index (χ2n) is 3.34. The van der Waals surface area contributed by atoms with Gasteiger partial charge in [-0.1, -0.05) is 20.3 Å². The number of hydrogen-bond acceptors (Lipinski definition) is 4. The lowest BCUT2D eigenvalue weighted by Gasteiger charge is -2.27. The fourth-order valence-corrected chi connectivity index (χ4v) is 3.92. The van der Waals surface area contributed by atoms with Gasteiger partial charge in [0.15, 0.2) is 0 Å². The fourth-order valence-electron chi connectivity index (χ4n) is 1.31. The first-order valence-corrected chi connectivity index (χ1v) is 8.50. The first-order valence-electron chi connectivity index (χ1n) is 6.56. The maximum Gasteiger partial charge on any atom is 0.500 e. The molecule has 0 aromatic rings. The molecule has 0 amide bonds. The highest BCUT2D eigenvalue weighted by molar-refractivity contribution is 6.60. The molecule has 0 aliphatic rings. The van der Waals surface area contributed by atoms with E-state index in [1.165, 1.54) is 6.21 Å². The highest BCUT2D eigenvalue weighted by Gasteiger charge is 2.38. The first-order chi connectivity index (χ1) is 8.16. The second kappa shape index (κ2) is 13.8. The van der Waals surface area contributed by atoms with E-state index >= 15 is 0 Å². The minimum Gasteiger partial charge on any atom is -0.374 e. The van der Waals surface area contributed by atoms with E-state index < -0.39 is 8.80 Å². The molecule has 17 heavy (non-hydrogen) atoms. The molecule has 1 N–H and O–H groups in total. The molecule has 0 aliphatic carbocycles. The molecular weight excluding hydrogens is 234 g/mol. The van der Waals surface area contributed by atoms with Gasteiger partial charge in [0.1, 0.15) is 0 Å². The lowest BCUT2D eigenvalue weighted by atomic mass is 10.6. The van der Waals surface area contributed by atoms with Crippen molar-refractivity contribution in [1.29, 1.82) is 5.41 Å². The molecule has 0 radical (unpaired) electrons. The van der Waals surface area contributed by atoms with Gasteiger partial charge in [-0.2, -0.15) is 0 Å². The largest absolute Gasteiger partial charge is 0.500 e. The molecular formula is C12H29NO3Si. The van der Waals surface area contributed by atoms with E-state index in [0.29, 0.717) is 19.8 Å². The topological polar surface area (TPSA) is 51.5 Å². The van der Waals surface area contributed by atoms with Crippen molar-refractivity contribution in [3.8, 4) is 0 Å². The van der Waals surface area contributed by atoms with E-state index in [4.69, 9.17) is 18.7 Å². The third-order valence-electron chi connectivity index (χ3n) is 1.85. The normalized spacial score (nSPS) is 10.6. The predicted octanol–water partition coefficient (Wildman–Crippen LogP) is 3.49. The van der Waals surface area contributed by atoms with E-state index in [9.17, 15) is 0 Å². The molecule has 0 aromatic heterocycles. The van der Waals surface area contributed by atoms with Crippen molar-refractivity contribution in [2.45, 2.75) is 53.5 Å². The maximum absolute atomic E-state index is 6.33. The molecule has 0 aromatic carbocycles. The van der Waals surface area contributed by atoms with Crippen LogP contribution in [0.1, 0.15) is 47.5 Å². The van der Waals surface area contributed by atoms with Crippen molar-refractivity contribution in [2.75, 3.05) is 19.8 Å².